The second-order valence-electron chi connectivity index (χ2n) is 5.55. The highest BCUT2D eigenvalue weighted by Crippen LogP contribution is 2.08. The van der Waals surface area contributed by atoms with Gasteiger partial charge in [0.1, 0.15) is 6.04 Å². The quantitative estimate of drug-likeness (QED) is 0.890. The lowest BCUT2D eigenvalue weighted by Crippen LogP contribution is -2.45. The lowest BCUT2D eigenvalue weighted by molar-refractivity contribution is -0.123. The van der Waals surface area contributed by atoms with Crippen molar-refractivity contribution in [1.29, 1.82) is 0 Å². The summed E-state index contributed by atoms with van der Waals surface area (Å²) in [5, 5.41) is 5.56. The molecule has 0 aliphatic heterocycles. The van der Waals surface area contributed by atoms with Gasteiger partial charge in [-0.3, -0.25) is 14.6 Å². The normalized spacial score (nSPS) is 13.0. The van der Waals surface area contributed by atoms with E-state index >= 15 is 0 Å². The topological polar surface area (TPSA) is 71.1 Å². The van der Waals surface area contributed by atoms with Crippen LogP contribution in [0.15, 0.2) is 48.7 Å². The van der Waals surface area contributed by atoms with Gasteiger partial charge < -0.3 is 10.6 Å². The van der Waals surface area contributed by atoms with E-state index in [1.54, 1.807) is 25.3 Å². The number of amides is 2. The Morgan fingerprint density at radius 3 is 2.48 bits per heavy atom. The molecule has 2 aromatic rings. The standard InChI is InChI=1S/C18H21N3O2/c1-12-7-6-8-15(11-12)18(23)21-14(3)17(22)20-13(2)16-9-4-5-10-19-16/h4-11,13-14H,1-3H3,(H,20,22)(H,21,23). The van der Waals surface area contributed by atoms with Gasteiger partial charge in [-0.2, -0.15) is 0 Å². The first kappa shape index (κ1) is 16.7. The van der Waals surface area contributed by atoms with Gasteiger partial charge in [-0.1, -0.05) is 23.8 Å². The lowest BCUT2D eigenvalue weighted by Gasteiger charge is -2.18. The Kier molecular flexibility index (Phi) is 5.46. The summed E-state index contributed by atoms with van der Waals surface area (Å²) in [5.41, 5.74) is 2.32. The van der Waals surface area contributed by atoms with E-state index in [2.05, 4.69) is 15.6 Å². The maximum absolute atomic E-state index is 12.2. The van der Waals surface area contributed by atoms with Gasteiger partial charge in [0.2, 0.25) is 5.91 Å². The molecular weight excluding hydrogens is 290 g/mol. The summed E-state index contributed by atoms with van der Waals surface area (Å²) in [7, 11) is 0. The zero-order chi connectivity index (χ0) is 16.8. The van der Waals surface area contributed by atoms with Crippen molar-refractivity contribution < 1.29 is 9.59 Å². The molecule has 2 N–H and O–H groups in total. The molecule has 120 valence electrons. The number of rotatable bonds is 5. The summed E-state index contributed by atoms with van der Waals surface area (Å²) in [4.78, 5) is 28.6. The van der Waals surface area contributed by atoms with E-state index in [0.717, 1.165) is 11.3 Å². The van der Waals surface area contributed by atoms with Crippen molar-refractivity contribution in [3.8, 4) is 0 Å². The van der Waals surface area contributed by atoms with Gasteiger partial charge in [0.15, 0.2) is 0 Å². The first-order chi connectivity index (χ1) is 11.0. The van der Waals surface area contributed by atoms with Crippen molar-refractivity contribution >= 4 is 11.8 Å². The van der Waals surface area contributed by atoms with Crippen LogP contribution in [0.1, 0.15) is 41.5 Å². The van der Waals surface area contributed by atoms with Crippen LogP contribution in [0.3, 0.4) is 0 Å². The summed E-state index contributed by atoms with van der Waals surface area (Å²) in [6.07, 6.45) is 1.68. The largest absolute Gasteiger partial charge is 0.346 e. The van der Waals surface area contributed by atoms with Crippen LogP contribution in [0, 0.1) is 6.92 Å². The smallest absolute Gasteiger partial charge is 0.251 e. The Labute approximate surface area is 136 Å². The second-order valence-corrected chi connectivity index (χ2v) is 5.55. The molecule has 2 unspecified atom stereocenters. The van der Waals surface area contributed by atoms with E-state index in [0.29, 0.717) is 5.56 Å². The molecular formula is C18H21N3O2. The van der Waals surface area contributed by atoms with Gasteiger partial charge in [0.05, 0.1) is 11.7 Å². The average molecular weight is 311 g/mol. The van der Waals surface area contributed by atoms with Gasteiger partial charge in [0.25, 0.3) is 5.91 Å². The number of nitrogens with one attached hydrogen (secondary N) is 2. The number of hydrogen-bond acceptors (Lipinski definition) is 3. The zero-order valence-electron chi connectivity index (χ0n) is 13.5. The van der Waals surface area contributed by atoms with Gasteiger partial charge in [-0.25, -0.2) is 0 Å². The maximum atomic E-state index is 12.2. The Morgan fingerprint density at radius 2 is 1.83 bits per heavy atom. The fraction of sp³-hybridized carbons (Fsp3) is 0.278. The Morgan fingerprint density at radius 1 is 1.04 bits per heavy atom. The number of hydrogen-bond donors (Lipinski definition) is 2. The molecule has 0 bridgehead atoms. The van der Waals surface area contributed by atoms with E-state index in [1.807, 2.05) is 44.2 Å². The molecule has 0 fully saturated rings. The van der Waals surface area contributed by atoms with E-state index in [1.165, 1.54) is 0 Å². The number of aromatic nitrogens is 1. The van der Waals surface area contributed by atoms with E-state index in [4.69, 9.17) is 0 Å². The molecule has 2 rings (SSSR count). The number of carbonyl (C=O) groups is 2. The third kappa shape index (κ3) is 4.64. The minimum atomic E-state index is -0.630. The van der Waals surface area contributed by atoms with Crippen molar-refractivity contribution in [3.05, 3.63) is 65.5 Å². The Bertz CT molecular complexity index is 686. The van der Waals surface area contributed by atoms with Gasteiger partial charge in [-0.15, -0.1) is 0 Å². The lowest BCUT2D eigenvalue weighted by atomic mass is 10.1. The predicted octanol–water partition coefficient (Wildman–Crippen LogP) is 2.39. The molecule has 0 radical (unpaired) electrons. The Hall–Kier alpha value is -2.69. The average Bonchev–Trinajstić information content (AvgIpc) is 2.55. The zero-order valence-corrected chi connectivity index (χ0v) is 13.5. The molecule has 1 heterocycles. The third-order valence-corrected chi connectivity index (χ3v) is 3.51. The molecule has 1 aromatic heterocycles. The Balaban J connectivity index is 1.93. The molecule has 1 aromatic carbocycles. The highest BCUT2D eigenvalue weighted by molar-refractivity contribution is 5.97. The molecule has 0 spiro atoms. The summed E-state index contributed by atoms with van der Waals surface area (Å²) in [5.74, 6) is -0.508. The molecule has 5 nitrogen and oxygen atoms in total. The van der Waals surface area contributed by atoms with Gasteiger partial charge >= 0.3 is 0 Å². The minimum Gasteiger partial charge on any atom is -0.346 e. The number of pyridine rings is 1. The van der Waals surface area contributed by atoms with E-state index < -0.39 is 6.04 Å². The second kappa shape index (κ2) is 7.54. The number of benzene rings is 1. The summed E-state index contributed by atoms with van der Waals surface area (Å²) >= 11 is 0. The van der Waals surface area contributed by atoms with E-state index in [-0.39, 0.29) is 17.9 Å². The summed E-state index contributed by atoms with van der Waals surface area (Å²) < 4.78 is 0. The first-order valence-electron chi connectivity index (χ1n) is 7.56. The van der Waals surface area contributed by atoms with Crippen molar-refractivity contribution in [3.63, 3.8) is 0 Å². The van der Waals surface area contributed by atoms with Crippen molar-refractivity contribution in [2.24, 2.45) is 0 Å². The summed E-state index contributed by atoms with van der Waals surface area (Å²) in [6.45, 7) is 5.44. The van der Waals surface area contributed by atoms with Crippen LogP contribution in [-0.4, -0.2) is 22.8 Å². The molecule has 0 saturated carbocycles. The highest BCUT2D eigenvalue weighted by atomic mass is 16.2. The van der Waals surface area contributed by atoms with Crippen LogP contribution < -0.4 is 10.6 Å². The van der Waals surface area contributed by atoms with Crippen LogP contribution in [0.4, 0.5) is 0 Å². The number of carbonyl (C=O) groups excluding carboxylic acids is 2. The van der Waals surface area contributed by atoms with Crippen LogP contribution in [-0.2, 0) is 4.79 Å². The minimum absolute atomic E-state index is 0.220. The monoisotopic (exact) mass is 311 g/mol. The highest BCUT2D eigenvalue weighted by Gasteiger charge is 2.19. The number of nitrogens with zero attached hydrogens (tertiary/aromatic N) is 1. The molecule has 0 aliphatic rings. The third-order valence-electron chi connectivity index (χ3n) is 3.51. The SMILES string of the molecule is Cc1cccc(C(=O)NC(C)C(=O)NC(C)c2ccccn2)c1. The molecule has 0 saturated heterocycles. The number of aryl methyl sites for hydroxylation is 1. The fourth-order valence-corrected chi connectivity index (χ4v) is 2.18. The van der Waals surface area contributed by atoms with Gasteiger partial charge in [0, 0.05) is 11.8 Å². The molecule has 23 heavy (non-hydrogen) atoms. The first-order valence-corrected chi connectivity index (χ1v) is 7.56. The van der Waals surface area contributed by atoms with Gasteiger partial charge in [-0.05, 0) is 45.0 Å². The van der Waals surface area contributed by atoms with Crippen molar-refractivity contribution in [1.82, 2.24) is 15.6 Å². The van der Waals surface area contributed by atoms with Crippen LogP contribution >= 0.6 is 0 Å². The van der Waals surface area contributed by atoms with Crippen LogP contribution in [0.5, 0.6) is 0 Å². The van der Waals surface area contributed by atoms with E-state index in [9.17, 15) is 9.59 Å². The molecule has 2 atom stereocenters. The molecule has 5 heteroatoms. The molecule has 2 amide bonds. The van der Waals surface area contributed by atoms with Crippen LogP contribution in [0.25, 0.3) is 0 Å². The maximum Gasteiger partial charge on any atom is 0.251 e. The predicted molar refractivity (Wildman–Crippen MR) is 88.9 cm³/mol. The van der Waals surface area contributed by atoms with Crippen molar-refractivity contribution in [2.45, 2.75) is 32.9 Å². The molecule has 0 aliphatic carbocycles. The van der Waals surface area contributed by atoms with Crippen LogP contribution in [0.2, 0.25) is 0 Å². The summed E-state index contributed by atoms with van der Waals surface area (Å²) in [6, 6.07) is 11.9. The fourth-order valence-electron chi connectivity index (χ4n) is 2.18. The van der Waals surface area contributed by atoms with Crippen molar-refractivity contribution in [2.75, 3.05) is 0 Å².